The number of ether oxygens (including phenoxy) is 2. The van der Waals surface area contributed by atoms with E-state index in [1.165, 1.54) is 7.11 Å². The van der Waals surface area contributed by atoms with Gasteiger partial charge >= 0.3 is 0 Å². The largest absolute Gasteiger partial charge is 0.507 e. The molecule has 188 valence electrons. The van der Waals surface area contributed by atoms with Gasteiger partial charge in [0.05, 0.1) is 25.3 Å². The van der Waals surface area contributed by atoms with Gasteiger partial charge in [0.2, 0.25) is 0 Å². The van der Waals surface area contributed by atoms with Crippen LogP contribution >= 0.6 is 0 Å². The zero-order valence-corrected chi connectivity index (χ0v) is 21.1. The van der Waals surface area contributed by atoms with E-state index in [0.717, 1.165) is 37.1 Å². The van der Waals surface area contributed by atoms with Crippen molar-refractivity contribution in [2.45, 2.75) is 38.6 Å². The summed E-state index contributed by atoms with van der Waals surface area (Å²) in [5.41, 5.74) is 1.26. The van der Waals surface area contributed by atoms with E-state index in [2.05, 4.69) is 6.92 Å². The van der Waals surface area contributed by atoms with Crippen molar-refractivity contribution in [2.75, 3.05) is 40.9 Å². The molecule has 1 saturated heterocycles. The normalized spacial score (nSPS) is 17.3. The van der Waals surface area contributed by atoms with E-state index in [4.69, 9.17) is 9.47 Å². The molecule has 1 aliphatic heterocycles. The molecule has 1 amide bonds. The number of ketones is 1. The Morgan fingerprint density at radius 1 is 1.03 bits per heavy atom. The molecular formula is C28H36N2O5. The maximum atomic E-state index is 13.2. The van der Waals surface area contributed by atoms with Crippen molar-refractivity contribution < 1.29 is 24.2 Å². The van der Waals surface area contributed by atoms with Gasteiger partial charge in [-0.3, -0.25) is 9.59 Å². The second kappa shape index (κ2) is 12.4. The monoisotopic (exact) mass is 480 g/mol. The predicted molar refractivity (Wildman–Crippen MR) is 137 cm³/mol. The van der Waals surface area contributed by atoms with Crippen LogP contribution in [0.1, 0.15) is 49.8 Å². The Labute approximate surface area is 207 Å². The van der Waals surface area contributed by atoms with Gasteiger partial charge in [-0.25, -0.2) is 0 Å². The Morgan fingerprint density at radius 2 is 1.77 bits per heavy atom. The molecule has 0 spiro atoms. The van der Waals surface area contributed by atoms with Gasteiger partial charge in [-0.2, -0.15) is 0 Å². The average molecular weight is 481 g/mol. The van der Waals surface area contributed by atoms with E-state index in [-0.39, 0.29) is 11.3 Å². The molecule has 1 fully saturated rings. The van der Waals surface area contributed by atoms with E-state index < -0.39 is 17.7 Å². The first-order chi connectivity index (χ1) is 16.9. The minimum absolute atomic E-state index is 0.0877. The standard InChI is InChI=1S/C28H36N2O5/c1-5-6-7-18-35-22-14-12-20(13-15-22)25-24(26(31)21-10-8-11-23(19-21)34-4)27(32)28(33)30(25)17-9-16-29(2)3/h8,10-15,19,25,31H,5-7,9,16-18H2,1-4H3/b26-24+. The Morgan fingerprint density at radius 3 is 2.43 bits per heavy atom. The number of nitrogens with zero attached hydrogens (tertiary/aromatic N) is 2. The number of hydrogen-bond donors (Lipinski definition) is 1. The van der Waals surface area contributed by atoms with E-state index in [1.807, 2.05) is 43.3 Å². The highest BCUT2D eigenvalue weighted by Gasteiger charge is 2.45. The van der Waals surface area contributed by atoms with Gasteiger partial charge in [-0.15, -0.1) is 0 Å². The number of amides is 1. The summed E-state index contributed by atoms with van der Waals surface area (Å²) in [6, 6.07) is 13.6. The van der Waals surface area contributed by atoms with Gasteiger partial charge in [0.1, 0.15) is 17.3 Å². The number of rotatable bonds is 12. The second-order valence-corrected chi connectivity index (χ2v) is 9.01. The lowest BCUT2D eigenvalue weighted by atomic mass is 9.95. The van der Waals surface area contributed by atoms with Crippen LogP contribution in [0, 0.1) is 0 Å². The lowest BCUT2D eigenvalue weighted by molar-refractivity contribution is -0.139. The molecule has 0 aliphatic carbocycles. The molecule has 1 N–H and O–H groups in total. The fraction of sp³-hybridized carbons (Fsp3) is 0.429. The number of carbonyl (C=O) groups is 2. The number of hydrogen-bond acceptors (Lipinski definition) is 6. The highest BCUT2D eigenvalue weighted by Crippen LogP contribution is 2.40. The van der Waals surface area contributed by atoms with Crippen molar-refractivity contribution in [2.24, 2.45) is 0 Å². The molecule has 0 bridgehead atoms. The van der Waals surface area contributed by atoms with Gasteiger partial charge in [-0.05, 0) is 63.3 Å². The van der Waals surface area contributed by atoms with Crippen molar-refractivity contribution in [3.63, 3.8) is 0 Å². The number of benzene rings is 2. The first-order valence-corrected chi connectivity index (χ1v) is 12.2. The molecule has 35 heavy (non-hydrogen) atoms. The van der Waals surface area contributed by atoms with Crippen molar-refractivity contribution >= 4 is 17.4 Å². The summed E-state index contributed by atoms with van der Waals surface area (Å²) in [6.07, 6.45) is 3.94. The number of aliphatic hydroxyl groups is 1. The summed E-state index contributed by atoms with van der Waals surface area (Å²) in [7, 11) is 5.47. The first-order valence-electron chi connectivity index (χ1n) is 12.2. The lowest BCUT2D eigenvalue weighted by Gasteiger charge is -2.26. The van der Waals surface area contributed by atoms with Crippen molar-refractivity contribution in [1.29, 1.82) is 0 Å². The third-order valence-electron chi connectivity index (χ3n) is 6.10. The molecule has 2 aromatic carbocycles. The van der Waals surface area contributed by atoms with Crippen LogP contribution in [0.3, 0.4) is 0 Å². The number of likely N-dealkylation sites (tertiary alicyclic amines) is 1. The molecule has 1 aliphatic rings. The molecular weight excluding hydrogens is 444 g/mol. The van der Waals surface area contributed by atoms with Gasteiger partial charge in [0, 0.05) is 12.1 Å². The van der Waals surface area contributed by atoms with Crippen molar-refractivity contribution in [1.82, 2.24) is 9.80 Å². The molecule has 1 atom stereocenters. The van der Waals surface area contributed by atoms with Crippen molar-refractivity contribution in [3.05, 3.63) is 65.2 Å². The Bertz CT molecular complexity index is 1050. The molecule has 0 aromatic heterocycles. The van der Waals surface area contributed by atoms with Crippen LogP contribution in [0.15, 0.2) is 54.1 Å². The summed E-state index contributed by atoms with van der Waals surface area (Å²) in [4.78, 5) is 29.8. The highest BCUT2D eigenvalue weighted by atomic mass is 16.5. The number of aliphatic hydroxyl groups excluding tert-OH is 1. The molecule has 7 nitrogen and oxygen atoms in total. The first kappa shape index (κ1) is 26.3. The Kier molecular flexibility index (Phi) is 9.32. The fourth-order valence-electron chi connectivity index (χ4n) is 4.23. The summed E-state index contributed by atoms with van der Waals surface area (Å²) >= 11 is 0. The second-order valence-electron chi connectivity index (χ2n) is 9.01. The SMILES string of the molecule is CCCCCOc1ccc(C2/C(=C(\O)c3cccc(OC)c3)C(=O)C(=O)N2CCCN(C)C)cc1. The van der Waals surface area contributed by atoms with Crippen LogP contribution in [0.2, 0.25) is 0 Å². The number of methoxy groups -OCH3 is 1. The van der Waals surface area contributed by atoms with E-state index in [0.29, 0.717) is 30.9 Å². The number of carbonyl (C=O) groups excluding carboxylic acids is 2. The van der Waals surface area contributed by atoms with Crippen LogP contribution < -0.4 is 9.47 Å². The molecule has 1 unspecified atom stereocenters. The third-order valence-corrected chi connectivity index (χ3v) is 6.10. The Hall–Kier alpha value is -3.32. The van der Waals surface area contributed by atoms with Crippen LogP contribution in [-0.2, 0) is 9.59 Å². The van der Waals surface area contributed by atoms with Crippen LogP contribution in [-0.4, -0.2) is 67.5 Å². The van der Waals surface area contributed by atoms with Crippen LogP contribution in [0.4, 0.5) is 0 Å². The summed E-state index contributed by atoms with van der Waals surface area (Å²) in [6.45, 7) is 3.97. The minimum atomic E-state index is -0.683. The average Bonchev–Trinajstić information content (AvgIpc) is 3.11. The maximum absolute atomic E-state index is 13.2. The third kappa shape index (κ3) is 6.42. The van der Waals surface area contributed by atoms with Gasteiger partial charge in [0.15, 0.2) is 0 Å². The van der Waals surface area contributed by atoms with Crippen LogP contribution in [0.5, 0.6) is 11.5 Å². The molecule has 7 heteroatoms. The Balaban J connectivity index is 1.98. The number of Topliss-reactive ketones (excluding diaryl/α,β-unsaturated/α-hetero) is 1. The molecule has 0 saturated carbocycles. The molecule has 1 heterocycles. The topological polar surface area (TPSA) is 79.3 Å². The quantitative estimate of drug-likeness (QED) is 0.206. The minimum Gasteiger partial charge on any atom is -0.507 e. The summed E-state index contributed by atoms with van der Waals surface area (Å²) in [5, 5.41) is 11.2. The zero-order valence-electron chi connectivity index (χ0n) is 21.1. The van der Waals surface area contributed by atoms with E-state index in [1.54, 1.807) is 29.2 Å². The summed E-state index contributed by atoms with van der Waals surface area (Å²) in [5.74, 6) is -0.196. The fourth-order valence-corrected chi connectivity index (χ4v) is 4.23. The zero-order chi connectivity index (χ0) is 25.4. The smallest absolute Gasteiger partial charge is 0.295 e. The molecule has 3 rings (SSSR count). The maximum Gasteiger partial charge on any atom is 0.295 e. The molecule has 0 radical (unpaired) electrons. The number of unbranched alkanes of at least 4 members (excludes halogenated alkanes) is 2. The predicted octanol–water partition coefficient (Wildman–Crippen LogP) is 4.64. The van der Waals surface area contributed by atoms with Crippen molar-refractivity contribution in [3.8, 4) is 11.5 Å². The van der Waals surface area contributed by atoms with Crippen LogP contribution in [0.25, 0.3) is 5.76 Å². The van der Waals surface area contributed by atoms with E-state index in [9.17, 15) is 14.7 Å². The summed E-state index contributed by atoms with van der Waals surface area (Å²) < 4.78 is 11.1. The van der Waals surface area contributed by atoms with Gasteiger partial charge in [0.25, 0.3) is 11.7 Å². The highest BCUT2D eigenvalue weighted by molar-refractivity contribution is 6.46. The van der Waals surface area contributed by atoms with Gasteiger partial charge in [-0.1, -0.05) is 44.0 Å². The lowest BCUT2D eigenvalue weighted by Crippen LogP contribution is -2.32. The van der Waals surface area contributed by atoms with Gasteiger partial charge < -0.3 is 24.4 Å². The van der Waals surface area contributed by atoms with E-state index >= 15 is 0 Å². The molecule has 2 aromatic rings.